The fourth-order valence-electron chi connectivity index (χ4n) is 3.36. The molecule has 3 rings (SSSR count). The van der Waals surface area contributed by atoms with Crippen LogP contribution in [0.2, 0.25) is 0 Å². The lowest BCUT2D eigenvalue weighted by Gasteiger charge is -2.27. The van der Waals surface area contributed by atoms with Crippen molar-refractivity contribution in [2.45, 2.75) is 25.7 Å². The number of carbonyl (C=O) groups is 1. The smallest absolute Gasteiger partial charge is 0.222 e. The van der Waals surface area contributed by atoms with E-state index in [1.165, 1.54) is 12.1 Å². The molecule has 1 aliphatic rings. The van der Waals surface area contributed by atoms with Crippen LogP contribution in [-0.2, 0) is 17.6 Å². The van der Waals surface area contributed by atoms with Gasteiger partial charge in [-0.25, -0.2) is 4.39 Å². The van der Waals surface area contributed by atoms with E-state index < -0.39 is 0 Å². The molecule has 24 heavy (non-hydrogen) atoms. The van der Waals surface area contributed by atoms with E-state index in [1.807, 2.05) is 11.0 Å². The normalized spacial score (nSPS) is 20.5. The lowest BCUT2D eigenvalue weighted by molar-refractivity contribution is -0.130. The van der Waals surface area contributed by atoms with E-state index in [2.05, 4.69) is 0 Å². The van der Waals surface area contributed by atoms with E-state index in [4.69, 9.17) is 4.42 Å². The monoisotopic (exact) mass is 331 g/mol. The van der Waals surface area contributed by atoms with Crippen LogP contribution in [0.4, 0.5) is 4.39 Å². The summed E-state index contributed by atoms with van der Waals surface area (Å²) >= 11 is 0. The number of likely N-dealkylation sites (tertiary alicyclic amines) is 1. The molecule has 1 aliphatic heterocycles. The largest absolute Gasteiger partial charge is 0.472 e. The molecule has 1 aromatic heterocycles. The Hall–Kier alpha value is -2.14. The third-order valence-corrected chi connectivity index (χ3v) is 4.83. The van der Waals surface area contributed by atoms with Gasteiger partial charge in [0.25, 0.3) is 0 Å². The first kappa shape index (κ1) is 16.7. The second-order valence-electron chi connectivity index (χ2n) is 6.66. The van der Waals surface area contributed by atoms with Gasteiger partial charge in [-0.05, 0) is 48.6 Å². The molecule has 1 aromatic carbocycles. The Bertz CT molecular complexity index is 668. The highest BCUT2D eigenvalue weighted by Crippen LogP contribution is 2.34. The fraction of sp³-hybridized carbons (Fsp3) is 0.421. The van der Waals surface area contributed by atoms with Crippen LogP contribution in [-0.4, -0.2) is 35.6 Å². The van der Waals surface area contributed by atoms with Gasteiger partial charge in [0.1, 0.15) is 5.82 Å². The molecule has 0 radical (unpaired) electrons. The quantitative estimate of drug-likeness (QED) is 0.885. The number of amides is 1. The average molecular weight is 331 g/mol. The predicted octanol–water partition coefficient (Wildman–Crippen LogP) is 2.81. The van der Waals surface area contributed by atoms with Gasteiger partial charge in [0.15, 0.2) is 0 Å². The van der Waals surface area contributed by atoms with Crippen LogP contribution in [0.5, 0.6) is 0 Å². The highest BCUT2D eigenvalue weighted by atomic mass is 19.1. The van der Waals surface area contributed by atoms with Crippen molar-refractivity contribution in [1.29, 1.82) is 0 Å². The zero-order valence-electron chi connectivity index (χ0n) is 13.6. The number of aliphatic hydroxyl groups excluding tert-OH is 1. The van der Waals surface area contributed by atoms with Gasteiger partial charge in [-0.3, -0.25) is 4.79 Å². The Morgan fingerprint density at radius 3 is 2.71 bits per heavy atom. The topological polar surface area (TPSA) is 53.7 Å². The zero-order valence-corrected chi connectivity index (χ0v) is 13.6. The molecule has 0 bridgehead atoms. The summed E-state index contributed by atoms with van der Waals surface area (Å²) in [5, 5.41) is 9.89. The minimum absolute atomic E-state index is 0.0237. The van der Waals surface area contributed by atoms with Gasteiger partial charge in [-0.15, -0.1) is 0 Å². The van der Waals surface area contributed by atoms with Crippen LogP contribution in [0.25, 0.3) is 0 Å². The van der Waals surface area contributed by atoms with Crippen LogP contribution in [0.1, 0.15) is 24.0 Å². The zero-order chi connectivity index (χ0) is 17.0. The summed E-state index contributed by atoms with van der Waals surface area (Å²) in [5.74, 6) is -0.162. The number of carbonyl (C=O) groups excluding carboxylic acids is 1. The van der Waals surface area contributed by atoms with E-state index in [9.17, 15) is 14.3 Å². The summed E-state index contributed by atoms with van der Waals surface area (Å²) in [6.45, 7) is 1.23. The Labute approximate surface area is 140 Å². The first-order valence-corrected chi connectivity index (χ1v) is 8.24. The van der Waals surface area contributed by atoms with Gasteiger partial charge in [-0.2, -0.15) is 0 Å². The molecular formula is C19H22FNO3. The Kier molecular flexibility index (Phi) is 5.00. The molecule has 1 atom stereocenters. The second kappa shape index (κ2) is 7.18. The van der Waals surface area contributed by atoms with Crippen molar-refractivity contribution in [2.75, 3.05) is 19.7 Å². The number of aryl methyl sites for hydroxylation is 1. The van der Waals surface area contributed by atoms with Crippen molar-refractivity contribution in [3.8, 4) is 0 Å². The number of nitrogens with zero attached hydrogens (tertiary/aromatic N) is 1. The third kappa shape index (κ3) is 3.85. The van der Waals surface area contributed by atoms with E-state index >= 15 is 0 Å². The van der Waals surface area contributed by atoms with E-state index in [0.29, 0.717) is 32.4 Å². The molecule has 2 aromatic rings. The van der Waals surface area contributed by atoms with Gasteiger partial charge < -0.3 is 14.4 Å². The number of benzene rings is 1. The van der Waals surface area contributed by atoms with E-state index in [0.717, 1.165) is 17.5 Å². The maximum atomic E-state index is 13.0. The van der Waals surface area contributed by atoms with Crippen molar-refractivity contribution in [3.63, 3.8) is 0 Å². The maximum absolute atomic E-state index is 13.0. The summed E-state index contributed by atoms with van der Waals surface area (Å²) < 4.78 is 18.1. The van der Waals surface area contributed by atoms with Crippen LogP contribution in [0.15, 0.2) is 47.3 Å². The van der Waals surface area contributed by atoms with Crippen molar-refractivity contribution in [1.82, 2.24) is 4.90 Å². The molecule has 1 N–H and O–H groups in total. The number of aliphatic hydroxyl groups is 1. The Balaban J connectivity index is 1.58. The molecule has 2 heterocycles. The third-order valence-electron chi connectivity index (χ3n) is 4.83. The first-order valence-electron chi connectivity index (χ1n) is 8.24. The minimum atomic E-state index is -0.330. The van der Waals surface area contributed by atoms with Crippen LogP contribution < -0.4 is 0 Å². The predicted molar refractivity (Wildman–Crippen MR) is 87.8 cm³/mol. The Morgan fingerprint density at radius 2 is 2.04 bits per heavy atom. The molecule has 128 valence electrons. The maximum Gasteiger partial charge on any atom is 0.222 e. The summed E-state index contributed by atoms with van der Waals surface area (Å²) in [6.07, 6.45) is 5.78. The summed E-state index contributed by atoms with van der Waals surface area (Å²) in [6, 6.07) is 8.22. The van der Waals surface area contributed by atoms with Crippen molar-refractivity contribution in [2.24, 2.45) is 5.41 Å². The molecule has 0 spiro atoms. The molecule has 5 heteroatoms. The molecule has 1 amide bonds. The average Bonchev–Trinajstić information content (AvgIpc) is 3.25. The second-order valence-corrected chi connectivity index (χ2v) is 6.66. The Morgan fingerprint density at radius 1 is 1.25 bits per heavy atom. The lowest BCUT2D eigenvalue weighted by atomic mass is 9.81. The number of furan rings is 1. The van der Waals surface area contributed by atoms with Gasteiger partial charge in [0.05, 0.1) is 19.1 Å². The number of halogens is 1. The SMILES string of the molecule is O=C(CCc1ccoc1)N1CCC(CO)(Cc2ccc(F)cc2)C1. The summed E-state index contributed by atoms with van der Waals surface area (Å²) in [4.78, 5) is 14.2. The van der Waals surface area contributed by atoms with Gasteiger partial charge in [0, 0.05) is 24.9 Å². The minimum Gasteiger partial charge on any atom is -0.472 e. The fourth-order valence-corrected chi connectivity index (χ4v) is 3.36. The van der Waals surface area contributed by atoms with Crippen LogP contribution >= 0.6 is 0 Å². The molecular weight excluding hydrogens is 309 g/mol. The van der Waals surface area contributed by atoms with Crippen LogP contribution in [0, 0.1) is 11.2 Å². The summed E-state index contributed by atoms with van der Waals surface area (Å²) in [7, 11) is 0. The van der Waals surface area contributed by atoms with Gasteiger partial charge >= 0.3 is 0 Å². The highest BCUT2D eigenvalue weighted by molar-refractivity contribution is 5.76. The molecule has 0 aliphatic carbocycles. The molecule has 1 saturated heterocycles. The number of rotatable bonds is 6. The lowest BCUT2D eigenvalue weighted by Crippen LogP contribution is -2.35. The number of hydrogen-bond donors (Lipinski definition) is 1. The molecule has 1 fully saturated rings. The van der Waals surface area contributed by atoms with Crippen molar-refractivity contribution < 1.29 is 18.7 Å². The van der Waals surface area contributed by atoms with Gasteiger partial charge in [-0.1, -0.05) is 12.1 Å². The molecule has 1 unspecified atom stereocenters. The van der Waals surface area contributed by atoms with E-state index in [1.54, 1.807) is 24.7 Å². The first-order chi connectivity index (χ1) is 11.6. The highest BCUT2D eigenvalue weighted by Gasteiger charge is 2.39. The molecule has 4 nitrogen and oxygen atoms in total. The van der Waals surface area contributed by atoms with Crippen molar-refractivity contribution in [3.05, 3.63) is 59.8 Å². The van der Waals surface area contributed by atoms with Crippen molar-refractivity contribution >= 4 is 5.91 Å². The molecule has 0 saturated carbocycles. The summed E-state index contributed by atoms with van der Waals surface area (Å²) in [5.41, 5.74) is 1.67. The van der Waals surface area contributed by atoms with Gasteiger partial charge in [0.2, 0.25) is 5.91 Å². The standard InChI is InChI=1S/C19H22FNO3/c20-17-4-1-15(2-5-17)11-19(14-22)8-9-21(13-19)18(23)6-3-16-7-10-24-12-16/h1-2,4-5,7,10,12,22H,3,6,8-9,11,13-14H2. The number of hydrogen-bond acceptors (Lipinski definition) is 3. The van der Waals surface area contributed by atoms with E-state index in [-0.39, 0.29) is 23.7 Å². The van der Waals surface area contributed by atoms with Crippen LogP contribution in [0.3, 0.4) is 0 Å².